The van der Waals surface area contributed by atoms with Crippen molar-refractivity contribution in [2.24, 2.45) is 0 Å². The molecule has 0 spiro atoms. The Kier molecular flexibility index (Phi) is 6.03. The Hall–Kier alpha value is -0.850. The molecule has 0 bridgehead atoms. The Morgan fingerprint density at radius 1 is 1.21 bits per heavy atom. The van der Waals surface area contributed by atoms with E-state index in [-0.39, 0.29) is 22.3 Å². The van der Waals surface area contributed by atoms with Crippen molar-refractivity contribution in [2.75, 3.05) is 30.6 Å². The standard InChI is InChI=1S/C11H15Cl2NO4S/c1-17-10-6-8(13)9(7-11(10)18-2)14-19(15,16)5-3-4-12/h6-7,14H,3-5H2,1-2H3. The molecule has 0 aliphatic carbocycles. The molecule has 1 aromatic carbocycles. The largest absolute Gasteiger partial charge is 0.493 e. The van der Waals surface area contributed by atoms with E-state index in [9.17, 15) is 8.42 Å². The lowest BCUT2D eigenvalue weighted by atomic mass is 10.3. The van der Waals surface area contributed by atoms with Crippen LogP contribution in [-0.4, -0.2) is 34.3 Å². The van der Waals surface area contributed by atoms with Gasteiger partial charge in [0.05, 0.1) is 30.7 Å². The van der Waals surface area contributed by atoms with Crippen molar-refractivity contribution in [1.29, 1.82) is 0 Å². The van der Waals surface area contributed by atoms with E-state index in [1.807, 2.05) is 0 Å². The number of anilines is 1. The van der Waals surface area contributed by atoms with Crippen molar-refractivity contribution in [3.8, 4) is 11.5 Å². The number of sulfonamides is 1. The monoisotopic (exact) mass is 327 g/mol. The van der Waals surface area contributed by atoms with Gasteiger partial charge in [0, 0.05) is 18.0 Å². The molecule has 0 heterocycles. The molecule has 0 saturated heterocycles. The van der Waals surface area contributed by atoms with Crippen LogP contribution in [-0.2, 0) is 10.0 Å². The van der Waals surface area contributed by atoms with Crippen molar-refractivity contribution in [2.45, 2.75) is 6.42 Å². The van der Waals surface area contributed by atoms with E-state index < -0.39 is 10.0 Å². The lowest BCUT2D eigenvalue weighted by Crippen LogP contribution is -2.17. The Labute approximate surface area is 122 Å². The van der Waals surface area contributed by atoms with Gasteiger partial charge in [0.25, 0.3) is 0 Å². The molecular weight excluding hydrogens is 313 g/mol. The predicted molar refractivity (Wildman–Crippen MR) is 77.3 cm³/mol. The Morgan fingerprint density at radius 2 is 1.79 bits per heavy atom. The molecule has 19 heavy (non-hydrogen) atoms. The summed E-state index contributed by atoms with van der Waals surface area (Å²) in [5.41, 5.74) is 0.244. The maximum atomic E-state index is 11.8. The van der Waals surface area contributed by atoms with Crippen molar-refractivity contribution in [3.05, 3.63) is 17.2 Å². The van der Waals surface area contributed by atoms with Gasteiger partial charge < -0.3 is 9.47 Å². The lowest BCUT2D eigenvalue weighted by molar-refractivity contribution is 0.355. The fraction of sp³-hybridized carbons (Fsp3) is 0.455. The minimum atomic E-state index is -3.48. The zero-order valence-corrected chi connectivity index (χ0v) is 12.9. The third-order valence-electron chi connectivity index (χ3n) is 2.29. The number of hydrogen-bond donors (Lipinski definition) is 1. The van der Waals surface area contributed by atoms with E-state index in [0.29, 0.717) is 17.9 Å². The van der Waals surface area contributed by atoms with Crippen molar-refractivity contribution < 1.29 is 17.9 Å². The van der Waals surface area contributed by atoms with Crippen molar-refractivity contribution in [1.82, 2.24) is 0 Å². The smallest absolute Gasteiger partial charge is 0.232 e. The summed E-state index contributed by atoms with van der Waals surface area (Å²) < 4.78 is 36.1. The summed E-state index contributed by atoms with van der Waals surface area (Å²) in [6.45, 7) is 0. The molecule has 0 aliphatic rings. The van der Waals surface area contributed by atoms with Crippen LogP contribution < -0.4 is 14.2 Å². The van der Waals surface area contributed by atoms with Crippen LogP contribution in [0.1, 0.15) is 6.42 Å². The molecule has 0 amide bonds. The highest BCUT2D eigenvalue weighted by Gasteiger charge is 2.15. The van der Waals surface area contributed by atoms with Gasteiger partial charge in [-0.3, -0.25) is 4.72 Å². The summed E-state index contributed by atoms with van der Waals surface area (Å²) in [6.07, 6.45) is 0.363. The molecule has 0 radical (unpaired) electrons. The first kappa shape index (κ1) is 16.2. The van der Waals surface area contributed by atoms with Gasteiger partial charge >= 0.3 is 0 Å². The topological polar surface area (TPSA) is 64.6 Å². The minimum absolute atomic E-state index is 0.0683. The van der Waals surface area contributed by atoms with E-state index in [1.54, 1.807) is 0 Å². The molecule has 0 aliphatic heterocycles. The van der Waals surface area contributed by atoms with Gasteiger partial charge in [-0.25, -0.2) is 8.42 Å². The summed E-state index contributed by atoms with van der Waals surface area (Å²) in [6, 6.07) is 2.96. The highest BCUT2D eigenvalue weighted by Crippen LogP contribution is 2.36. The molecule has 108 valence electrons. The van der Waals surface area contributed by atoms with E-state index in [4.69, 9.17) is 32.7 Å². The van der Waals surface area contributed by atoms with Gasteiger partial charge in [-0.1, -0.05) is 11.6 Å². The van der Waals surface area contributed by atoms with E-state index in [0.717, 1.165) is 0 Å². The second kappa shape index (κ2) is 7.07. The number of nitrogens with one attached hydrogen (secondary N) is 1. The highest BCUT2D eigenvalue weighted by atomic mass is 35.5. The van der Waals surface area contributed by atoms with E-state index in [2.05, 4.69) is 4.72 Å². The van der Waals surface area contributed by atoms with Crippen LogP contribution in [0.2, 0.25) is 5.02 Å². The predicted octanol–water partition coefficient (Wildman–Crippen LogP) is 2.73. The molecular formula is C11H15Cl2NO4S. The van der Waals surface area contributed by atoms with Crippen LogP contribution in [0.4, 0.5) is 5.69 Å². The average Bonchev–Trinajstić information content (AvgIpc) is 2.38. The molecule has 1 rings (SSSR count). The molecule has 0 fully saturated rings. The maximum Gasteiger partial charge on any atom is 0.232 e. The SMILES string of the molecule is COc1cc(Cl)c(NS(=O)(=O)CCCCl)cc1OC. The third-order valence-corrected chi connectivity index (χ3v) is 4.22. The molecule has 1 N–H and O–H groups in total. The molecule has 0 atom stereocenters. The normalized spacial score (nSPS) is 11.2. The van der Waals surface area contributed by atoms with Crippen LogP contribution in [0.3, 0.4) is 0 Å². The highest BCUT2D eigenvalue weighted by molar-refractivity contribution is 7.92. The first-order chi connectivity index (χ1) is 8.93. The van der Waals surface area contributed by atoms with Crippen molar-refractivity contribution in [3.63, 3.8) is 0 Å². The number of halogens is 2. The summed E-state index contributed by atoms with van der Waals surface area (Å²) in [5.74, 6) is 1.03. The van der Waals surface area contributed by atoms with Crippen LogP contribution in [0.15, 0.2) is 12.1 Å². The number of methoxy groups -OCH3 is 2. The van der Waals surface area contributed by atoms with Gasteiger partial charge in [0.1, 0.15) is 0 Å². The number of benzene rings is 1. The first-order valence-corrected chi connectivity index (χ1v) is 7.98. The Morgan fingerprint density at radius 3 is 2.32 bits per heavy atom. The Bertz CT molecular complexity index is 534. The van der Waals surface area contributed by atoms with Gasteiger partial charge in [0.15, 0.2) is 11.5 Å². The Balaban J connectivity index is 3.01. The molecule has 0 aromatic heterocycles. The zero-order chi connectivity index (χ0) is 14.5. The van der Waals surface area contributed by atoms with E-state index in [1.165, 1.54) is 26.4 Å². The second-order valence-corrected chi connectivity index (χ2v) is 6.28. The fourth-order valence-corrected chi connectivity index (χ4v) is 3.07. The third kappa shape index (κ3) is 4.63. The fourth-order valence-electron chi connectivity index (χ4n) is 1.40. The van der Waals surface area contributed by atoms with Crippen LogP contribution in [0.5, 0.6) is 11.5 Å². The van der Waals surface area contributed by atoms with Gasteiger partial charge in [-0.05, 0) is 6.42 Å². The van der Waals surface area contributed by atoms with Crippen molar-refractivity contribution >= 4 is 38.9 Å². The molecule has 0 unspecified atom stereocenters. The minimum Gasteiger partial charge on any atom is -0.493 e. The summed E-state index contributed by atoms with van der Waals surface area (Å²) >= 11 is 11.5. The van der Waals surface area contributed by atoms with Gasteiger partial charge in [-0.2, -0.15) is 0 Å². The van der Waals surface area contributed by atoms with E-state index >= 15 is 0 Å². The molecule has 1 aromatic rings. The van der Waals surface area contributed by atoms with Gasteiger partial charge in [-0.15, -0.1) is 11.6 Å². The number of rotatable bonds is 7. The van der Waals surface area contributed by atoms with Crippen LogP contribution >= 0.6 is 23.2 Å². The maximum absolute atomic E-state index is 11.8. The average molecular weight is 328 g/mol. The zero-order valence-electron chi connectivity index (χ0n) is 10.6. The van der Waals surface area contributed by atoms with Crippen LogP contribution in [0, 0.1) is 0 Å². The molecule has 0 saturated carbocycles. The summed E-state index contributed by atoms with van der Waals surface area (Å²) in [7, 11) is -0.552. The quantitative estimate of drug-likeness (QED) is 0.782. The first-order valence-electron chi connectivity index (χ1n) is 5.41. The number of ether oxygens (including phenoxy) is 2. The van der Waals surface area contributed by atoms with Crippen LogP contribution in [0.25, 0.3) is 0 Å². The summed E-state index contributed by atoms with van der Waals surface area (Å²) in [5, 5.41) is 0.229. The lowest BCUT2D eigenvalue weighted by Gasteiger charge is -2.13. The molecule has 5 nitrogen and oxygen atoms in total. The summed E-state index contributed by atoms with van der Waals surface area (Å²) in [4.78, 5) is 0. The number of hydrogen-bond acceptors (Lipinski definition) is 4. The second-order valence-electron chi connectivity index (χ2n) is 3.65. The number of alkyl halides is 1. The van der Waals surface area contributed by atoms with Gasteiger partial charge in [0.2, 0.25) is 10.0 Å². The molecule has 8 heteroatoms.